The van der Waals surface area contributed by atoms with E-state index in [1.807, 2.05) is 13.1 Å². The lowest BCUT2D eigenvalue weighted by atomic mass is 10.1. The average molecular weight is 468 g/mol. The summed E-state index contributed by atoms with van der Waals surface area (Å²) in [6.45, 7) is 5.92. The van der Waals surface area contributed by atoms with E-state index in [1.165, 1.54) is 4.88 Å². The fraction of sp³-hybridized carbons (Fsp3) is 0.688. The molecule has 0 fully saturated rings. The summed E-state index contributed by atoms with van der Waals surface area (Å²) in [6.07, 6.45) is 6.50. The number of nitrogens with one attached hydrogen (secondary N) is 2. The van der Waals surface area contributed by atoms with E-state index in [9.17, 15) is 4.79 Å². The Labute approximate surface area is 165 Å². The van der Waals surface area contributed by atoms with Crippen molar-refractivity contribution in [3.05, 3.63) is 16.1 Å². The second-order valence-electron chi connectivity index (χ2n) is 5.19. The number of aliphatic imine (C=N–C) groups is 1. The van der Waals surface area contributed by atoms with Gasteiger partial charge in [-0.1, -0.05) is 12.8 Å². The standard InChI is InChI=1S/C16H28N4O2S.HI/c1-4-22-15(21)9-7-5-6-8-10-18-16(17-3)20-12-14-19-11-13(2)23-14;/h11H,4-10,12H2,1-3H3,(H2,17,18,20);1H. The van der Waals surface area contributed by atoms with Gasteiger partial charge >= 0.3 is 5.97 Å². The predicted octanol–water partition coefficient (Wildman–Crippen LogP) is 3.25. The van der Waals surface area contributed by atoms with Gasteiger partial charge in [-0.05, 0) is 26.7 Å². The van der Waals surface area contributed by atoms with Crippen LogP contribution in [0.25, 0.3) is 0 Å². The molecule has 8 heteroatoms. The Morgan fingerprint density at radius 1 is 1.29 bits per heavy atom. The van der Waals surface area contributed by atoms with E-state index in [0.717, 1.165) is 43.2 Å². The monoisotopic (exact) mass is 468 g/mol. The van der Waals surface area contributed by atoms with Gasteiger partial charge in [-0.3, -0.25) is 9.79 Å². The molecule has 0 spiro atoms. The first-order valence-electron chi connectivity index (χ1n) is 8.17. The molecule has 1 rings (SSSR count). The molecule has 0 bridgehead atoms. The molecule has 0 saturated carbocycles. The van der Waals surface area contributed by atoms with Crippen LogP contribution in [0.3, 0.4) is 0 Å². The zero-order chi connectivity index (χ0) is 16.9. The summed E-state index contributed by atoms with van der Waals surface area (Å²) in [5.41, 5.74) is 0. The molecule has 0 aliphatic rings. The minimum Gasteiger partial charge on any atom is -0.466 e. The zero-order valence-corrected chi connectivity index (χ0v) is 17.9. The van der Waals surface area contributed by atoms with Crippen molar-refractivity contribution < 1.29 is 9.53 Å². The van der Waals surface area contributed by atoms with Crippen molar-refractivity contribution in [2.45, 2.75) is 52.5 Å². The summed E-state index contributed by atoms with van der Waals surface area (Å²) in [6, 6.07) is 0. The summed E-state index contributed by atoms with van der Waals surface area (Å²) in [5, 5.41) is 7.61. The number of rotatable bonds is 10. The molecule has 24 heavy (non-hydrogen) atoms. The van der Waals surface area contributed by atoms with Gasteiger partial charge in [-0.25, -0.2) is 4.98 Å². The van der Waals surface area contributed by atoms with Crippen LogP contribution in [0.2, 0.25) is 0 Å². The summed E-state index contributed by atoms with van der Waals surface area (Å²) in [4.78, 5) is 20.9. The minimum atomic E-state index is -0.0901. The van der Waals surface area contributed by atoms with Gasteiger partial charge in [0.1, 0.15) is 5.01 Å². The van der Waals surface area contributed by atoms with E-state index in [1.54, 1.807) is 18.4 Å². The van der Waals surface area contributed by atoms with E-state index >= 15 is 0 Å². The van der Waals surface area contributed by atoms with Crippen molar-refractivity contribution in [1.82, 2.24) is 15.6 Å². The number of ether oxygens (including phenoxy) is 1. The highest BCUT2D eigenvalue weighted by Gasteiger charge is 2.02. The van der Waals surface area contributed by atoms with Crippen molar-refractivity contribution in [3.63, 3.8) is 0 Å². The predicted molar refractivity (Wildman–Crippen MR) is 110 cm³/mol. The summed E-state index contributed by atoms with van der Waals surface area (Å²) < 4.78 is 4.90. The number of aryl methyl sites for hydroxylation is 1. The molecule has 1 aromatic rings. The maximum atomic E-state index is 11.2. The highest BCUT2D eigenvalue weighted by atomic mass is 127. The fourth-order valence-electron chi connectivity index (χ4n) is 2.05. The molecule has 0 saturated heterocycles. The first kappa shape index (κ1) is 23.1. The van der Waals surface area contributed by atoms with Gasteiger partial charge in [0.2, 0.25) is 0 Å². The average Bonchev–Trinajstić information content (AvgIpc) is 2.95. The fourth-order valence-corrected chi connectivity index (χ4v) is 2.78. The van der Waals surface area contributed by atoms with Crippen LogP contribution in [-0.2, 0) is 16.1 Å². The third-order valence-corrected chi connectivity index (χ3v) is 4.12. The van der Waals surface area contributed by atoms with Crippen molar-refractivity contribution in [2.24, 2.45) is 4.99 Å². The molecule has 0 aliphatic heterocycles. The van der Waals surface area contributed by atoms with Crippen molar-refractivity contribution in [1.29, 1.82) is 0 Å². The third kappa shape index (κ3) is 10.8. The number of guanidine groups is 1. The Kier molecular flexibility index (Phi) is 13.9. The smallest absolute Gasteiger partial charge is 0.305 e. The van der Waals surface area contributed by atoms with Crippen molar-refractivity contribution in [2.75, 3.05) is 20.2 Å². The van der Waals surface area contributed by atoms with Gasteiger partial charge in [0.15, 0.2) is 5.96 Å². The summed E-state index contributed by atoms with van der Waals surface area (Å²) >= 11 is 1.69. The van der Waals surface area contributed by atoms with E-state index in [2.05, 4.69) is 27.5 Å². The molecule has 1 heterocycles. The Bertz CT molecular complexity index is 494. The third-order valence-electron chi connectivity index (χ3n) is 3.21. The molecule has 1 aromatic heterocycles. The van der Waals surface area contributed by atoms with Gasteiger partial charge in [-0.2, -0.15) is 0 Å². The number of carbonyl (C=O) groups is 1. The molecule has 0 radical (unpaired) electrons. The van der Waals surface area contributed by atoms with Gasteiger partial charge in [0, 0.05) is 31.1 Å². The van der Waals surface area contributed by atoms with Crippen LogP contribution in [0.5, 0.6) is 0 Å². The largest absolute Gasteiger partial charge is 0.466 e. The van der Waals surface area contributed by atoms with Crippen LogP contribution in [-0.4, -0.2) is 37.1 Å². The van der Waals surface area contributed by atoms with Crippen LogP contribution in [0.1, 0.15) is 48.9 Å². The number of aromatic nitrogens is 1. The molecular formula is C16H29IN4O2S. The van der Waals surface area contributed by atoms with Crippen LogP contribution >= 0.6 is 35.3 Å². The van der Waals surface area contributed by atoms with Crippen LogP contribution in [0.4, 0.5) is 0 Å². The van der Waals surface area contributed by atoms with Crippen LogP contribution in [0.15, 0.2) is 11.2 Å². The lowest BCUT2D eigenvalue weighted by Gasteiger charge is -2.10. The first-order chi connectivity index (χ1) is 11.2. The second kappa shape index (κ2) is 14.4. The van der Waals surface area contributed by atoms with E-state index in [4.69, 9.17) is 4.74 Å². The normalized spacial score (nSPS) is 10.9. The highest BCUT2D eigenvalue weighted by molar-refractivity contribution is 14.0. The molecule has 0 amide bonds. The lowest BCUT2D eigenvalue weighted by molar-refractivity contribution is -0.143. The number of hydrogen-bond donors (Lipinski definition) is 2. The highest BCUT2D eigenvalue weighted by Crippen LogP contribution is 2.10. The van der Waals surface area contributed by atoms with E-state index in [0.29, 0.717) is 19.6 Å². The molecule has 2 N–H and O–H groups in total. The quantitative estimate of drug-likeness (QED) is 0.181. The van der Waals surface area contributed by atoms with Gasteiger partial charge in [0.25, 0.3) is 0 Å². The van der Waals surface area contributed by atoms with Crippen LogP contribution < -0.4 is 10.6 Å². The number of unbranched alkanes of at least 4 members (excludes halogenated alkanes) is 3. The molecular weight excluding hydrogens is 439 g/mol. The van der Waals surface area contributed by atoms with Gasteiger partial charge in [0.05, 0.1) is 13.2 Å². The minimum absolute atomic E-state index is 0. The number of hydrogen-bond acceptors (Lipinski definition) is 5. The van der Waals surface area contributed by atoms with Gasteiger partial charge < -0.3 is 15.4 Å². The molecule has 0 unspecified atom stereocenters. The topological polar surface area (TPSA) is 75.6 Å². The molecule has 0 atom stereocenters. The zero-order valence-electron chi connectivity index (χ0n) is 14.8. The Morgan fingerprint density at radius 2 is 2.04 bits per heavy atom. The molecule has 0 aromatic carbocycles. The summed E-state index contributed by atoms with van der Waals surface area (Å²) in [5.74, 6) is 0.706. The lowest BCUT2D eigenvalue weighted by Crippen LogP contribution is -2.37. The van der Waals surface area contributed by atoms with E-state index in [-0.39, 0.29) is 29.9 Å². The maximum absolute atomic E-state index is 11.2. The Hall–Kier alpha value is -0.900. The van der Waals surface area contributed by atoms with Crippen molar-refractivity contribution >= 4 is 47.2 Å². The van der Waals surface area contributed by atoms with E-state index < -0.39 is 0 Å². The first-order valence-corrected chi connectivity index (χ1v) is 8.98. The SMILES string of the molecule is CCOC(=O)CCCCCCNC(=NC)NCc1ncc(C)s1.I. The number of thiazole rings is 1. The Morgan fingerprint density at radius 3 is 2.67 bits per heavy atom. The Balaban J connectivity index is 0.00000529. The number of carbonyl (C=O) groups excluding carboxylic acids is 1. The molecule has 0 aliphatic carbocycles. The molecule has 138 valence electrons. The maximum Gasteiger partial charge on any atom is 0.305 e. The van der Waals surface area contributed by atoms with Gasteiger partial charge in [-0.15, -0.1) is 35.3 Å². The number of esters is 1. The second-order valence-corrected chi connectivity index (χ2v) is 6.51. The van der Waals surface area contributed by atoms with Crippen LogP contribution in [0, 0.1) is 6.92 Å². The summed E-state index contributed by atoms with van der Waals surface area (Å²) in [7, 11) is 1.77. The number of halogens is 1. The van der Waals surface area contributed by atoms with Crippen molar-refractivity contribution in [3.8, 4) is 0 Å². The molecule has 6 nitrogen and oxygen atoms in total. The number of nitrogens with zero attached hydrogens (tertiary/aromatic N) is 2.